The van der Waals surface area contributed by atoms with Crippen LogP contribution < -0.4 is 10.6 Å². The molecule has 0 spiro atoms. The maximum atomic E-state index is 11.8. The molecule has 0 aliphatic heterocycles. The van der Waals surface area contributed by atoms with Gasteiger partial charge in [-0.05, 0) is 38.2 Å². The molecule has 1 aliphatic rings. The molecule has 1 saturated carbocycles. The van der Waals surface area contributed by atoms with Crippen LogP contribution in [0.2, 0.25) is 0 Å². The first-order chi connectivity index (χ1) is 13.5. The lowest BCUT2D eigenvalue weighted by Gasteiger charge is -2.03. The number of aromatic nitrogens is 1. The number of nitrogens with zero attached hydrogens (tertiary/aromatic N) is 2. The van der Waals surface area contributed by atoms with E-state index in [9.17, 15) is 9.59 Å². The van der Waals surface area contributed by atoms with Crippen LogP contribution >= 0.6 is 23.1 Å². The molecule has 0 saturated heterocycles. The largest absolute Gasteiger partial charge is 0.461 e. The maximum absolute atomic E-state index is 11.8. The van der Waals surface area contributed by atoms with Crippen molar-refractivity contribution in [2.45, 2.75) is 25.8 Å². The number of nitriles is 1. The van der Waals surface area contributed by atoms with Crippen LogP contribution in [-0.2, 0) is 14.3 Å². The van der Waals surface area contributed by atoms with Gasteiger partial charge in [0.05, 0.1) is 11.5 Å². The minimum absolute atomic E-state index is 0.0175. The topological polar surface area (TPSA) is 104 Å². The monoisotopic (exact) mass is 418 g/mol. The Balaban J connectivity index is 0.000000336. The van der Waals surface area contributed by atoms with Crippen LogP contribution in [0, 0.1) is 11.3 Å². The highest BCUT2D eigenvalue weighted by molar-refractivity contribution is 8.03. The SMILES string of the molecule is C=C=C(C#N)C(=O)OCC.CSC(=CC=CNc1nccs1)C(=O)NC1CC1. The molecule has 1 aliphatic carbocycles. The van der Waals surface area contributed by atoms with E-state index in [2.05, 4.69) is 32.7 Å². The molecule has 1 amide bonds. The van der Waals surface area contributed by atoms with E-state index in [1.165, 1.54) is 23.1 Å². The van der Waals surface area contributed by atoms with Gasteiger partial charge in [-0.2, -0.15) is 5.26 Å². The van der Waals surface area contributed by atoms with E-state index < -0.39 is 5.97 Å². The normalized spacial score (nSPS) is 12.8. The Morgan fingerprint density at radius 2 is 2.29 bits per heavy atom. The van der Waals surface area contributed by atoms with Gasteiger partial charge in [0.25, 0.3) is 5.91 Å². The van der Waals surface area contributed by atoms with Crippen molar-refractivity contribution in [3.63, 3.8) is 0 Å². The molecule has 1 fully saturated rings. The second-order valence-electron chi connectivity index (χ2n) is 5.21. The van der Waals surface area contributed by atoms with Gasteiger partial charge in [-0.15, -0.1) is 28.8 Å². The molecule has 7 nitrogen and oxygen atoms in total. The second kappa shape index (κ2) is 13.4. The Bertz CT molecular complexity index is 800. The van der Waals surface area contributed by atoms with Crippen molar-refractivity contribution >= 4 is 40.1 Å². The van der Waals surface area contributed by atoms with E-state index in [1.807, 2.05) is 23.8 Å². The van der Waals surface area contributed by atoms with Gasteiger partial charge in [-0.25, -0.2) is 9.78 Å². The number of carbonyl (C=O) groups is 2. The van der Waals surface area contributed by atoms with E-state index in [4.69, 9.17) is 5.26 Å². The molecule has 0 radical (unpaired) electrons. The number of allylic oxidation sites excluding steroid dienone is 2. The van der Waals surface area contributed by atoms with Crippen LogP contribution in [0.25, 0.3) is 0 Å². The summed E-state index contributed by atoms with van der Waals surface area (Å²) in [5.74, 6) is -0.649. The highest BCUT2D eigenvalue weighted by Gasteiger charge is 2.24. The fourth-order valence-electron chi connectivity index (χ4n) is 1.63. The summed E-state index contributed by atoms with van der Waals surface area (Å²) in [6.45, 7) is 5.07. The van der Waals surface area contributed by atoms with Gasteiger partial charge in [0, 0.05) is 23.8 Å². The zero-order valence-electron chi connectivity index (χ0n) is 15.7. The van der Waals surface area contributed by atoms with Crippen molar-refractivity contribution in [1.29, 1.82) is 5.26 Å². The number of thioether (sulfide) groups is 1. The Labute approximate surface area is 172 Å². The third kappa shape index (κ3) is 9.24. The fourth-order valence-corrected chi connectivity index (χ4v) is 2.60. The number of esters is 1. The van der Waals surface area contributed by atoms with Crippen LogP contribution in [0.3, 0.4) is 0 Å². The fraction of sp³-hybridized carbons (Fsp3) is 0.316. The number of hydrogen-bond donors (Lipinski definition) is 2. The van der Waals surface area contributed by atoms with Gasteiger partial charge in [-0.1, -0.05) is 6.58 Å². The van der Waals surface area contributed by atoms with Crippen LogP contribution in [0.1, 0.15) is 19.8 Å². The molecule has 1 heterocycles. The van der Waals surface area contributed by atoms with Crippen LogP contribution in [0.15, 0.2) is 52.7 Å². The van der Waals surface area contributed by atoms with Gasteiger partial charge < -0.3 is 15.4 Å². The molecule has 28 heavy (non-hydrogen) atoms. The van der Waals surface area contributed by atoms with E-state index in [0.29, 0.717) is 6.04 Å². The molecule has 1 aromatic heterocycles. The molecular formula is C19H22N4O3S2. The number of thiazole rings is 1. The van der Waals surface area contributed by atoms with Gasteiger partial charge in [0.1, 0.15) is 6.07 Å². The highest BCUT2D eigenvalue weighted by Crippen LogP contribution is 2.21. The summed E-state index contributed by atoms with van der Waals surface area (Å²) in [6.07, 6.45) is 11.3. The van der Waals surface area contributed by atoms with E-state index in [0.717, 1.165) is 22.9 Å². The van der Waals surface area contributed by atoms with Crippen molar-refractivity contribution in [2.24, 2.45) is 0 Å². The van der Waals surface area contributed by atoms with Gasteiger partial charge in [-0.3, -0.25) is 4.79 Å². The molecule has 0 unspecified atom stereocenters. The molecule has 9 heteroatoms. The van der Waals surface area contributed by atoms with Crippen LogP contribution in [0.5, 0.6) is 0 Å². The third-order valence-corrected chi connectivity index (χ3v) is 4.57. The van der Waals surface area contributed by atoms with E-state index in [1.54, 1.807) is 25.4 Å². The Morgan fingerprint density at radius 1 is 1.54 bits per heavy atom. The number of hydrogen-bond acceptors (Lipinski definition) is 8. The Hall–Kier alpha value is -2.79. The second-order valence-corrected chi connectivity index (χ2v) is 6.95. The summed E-state index contributed by atoms with van der Waals surface area (Å²) < 4.78 is 4.48. The minimum Gasteiger partial charge on any atom is -0.461 e. The lowest BCUT2D eigenvalue weighted by atomic mass is 10.3. The van der Waals surface area contributed by atoms with Crippen LogP contribution in [0.4, 0.5) is 5.13 Å². The van der Waals surface area contributed by atoms with Gasteiger partial charge in [0.2, 0.25) is 0 Å². The molecule has 2 rings (SSSR count). The number of rotatable bonds is 8. The summed E-state index contributed by atoms with van der Waals surface area (Å²) in [5, 5.41) is 17.0. The Kier molecular flexibility index (Phi) is 11.1. The maximum Gasteiger partial charge on any atom is 0.356 e. The number of ether oxygens (including phenoxy) is 1. The molecule has 0 aromatic carbocycles. The first kappa shape index (κ1) is 23.2. The zero-order chi connectivity index (χ0) is 20.8. The van der Waals surface area contributed by atoms with Crippen molar-refractivity contribution in [3.8, 4) is 6.07 Å². The van der Waals surface area contributed by atoms with Gasteiger partial charge >= 0.3 is 5.97 Å². The van der Waals surface area contributed by atoms with E-state index >= 15 is 0 Å². The average molecular weight is 419 g/mol. The summed E-state index contributed by atoms with van der Waals surface area (Å²) in [6, 6.07) is 2.00. The summed E-state index contributed by atoms with van der Waals surface area (Å²) in [5.41, 5.74) is 1.99. The van der Waals surface area contributed by atoms with E-state index in [-0.39, 0.29) is 18.1 Å². The quantitative estimate of drug-likeness (QED) is 0.219. The summed E-state index contributed by atoms with van der Waals surface area (Å²) in [4.78, 5) is 27.2. The highest BCUT2D eigenvalue weighted by atomic mass is 32.2. The molecule has 0 bridgehead atoms. The van der Waals surface area contributed by atoms with Crippen molar-refractivity contribution in [3.05, 3.63) is 52.7 Å². The van der Waals surface area contributed by atoms with Crippen molar-refractivity contribution in [1.82, 2.24) is 10.3 Å². The average Bonchev–Trinajstić information content (AvgIpc) is 3.34. The minimum atomic E-state index is -0.667. The lowest BCUT2D eigenvalue weighted by molar-refractivity contribution is -0.138. The lowest BCUT2D eigenvalue weighted by Crippen LogP contribution is -2.25. The summed E-state index contributed by atoms with van der Waals surface area (Å²) in [7, 11) is 0. The third-order valence-electron chi connectivity index (χ3n) is 3.11. The molecule has 0 atom stereocenters. The first-order valence-corrected chi connectivity index (χ1v) is 10.5. The number of nitrogens with one attached hydrogen (secondary N) is 2. The Morgan fingerprint density at radius 3 is 2.79 bits per heavy atom. The molecule has 1 aromatic rings. The van der Waals surface area contributed by atoms with Crippen molar-refractivity contribution < 1.29 is 14.3 Å². The molecular weight excluding hydrogens is 396 g/mol. The smallest absolute Gasteiger partial charge is 0.356 e. The summed E-state index contributed by atoms with van der Waals surface area (Å²) >= 11 is 2.98. The van der Waals surface area contributed by atoms with Gasteiger partial charge in [0.15, 0.2) is 10.7 Å². The number of amides is 1. The first-order valence-electron chi connectivity index (χ1n) is 8.40. The number of carbonyl (C=O) groups excluding carboxylic acids is 2. The van der Waals surface area contributed by atoms with Crippen LogP contribution in [-0.4, -0.2) is 35.8 Å². The predicted octanol–water partition coefficient (Wildman–Crippen LogP) is 3.38. The predicted molar refractivity (Wildman–Crippen MR) is 113 cm³/mol. The number of anilines is 1. The van der Waals surface area contributed by atoms with Crippen molar-refractivity contribution in [2.75, 3.05) is 18.2 Å². The standard InChI is InChI=1S/C12H15N3OS2.C7H7NO2/c1-17-10(11(16)15-9-4-5-9)3-2-6-13-12-14-7-8-18-12;1-3-6(5-8)7(9)10-4-2/h2-3,6-9H,4-5H2,1H3,(H,13,14)(H,15,16);1,4H2,2H3. The molecule has 2 N–H and O–H groups in total. The zero-order valence-corrected chi connectivity index (χ0v) is 17.4. The molecule has 148 valence electrons.